The number of rotatable bonds is 5. The van der Waals surface area contributed by atoms with Gasteiger partial charge in [-0.25, -0.2) is 4.21 Å². The van der Waals surface area contributed by atoms with Crippen molar-refractivity contribution in [3.63, 3.8) is 0 Å². The van der Waals surface area contributed by atoms with Gasteiger partial charge in [0.2, 0.25) is 0 Å². The summed E-state index contributed by atoms with van der Waals surface area (Å²) in [7, 11) is 1.60. The maximum Gasteiger partial charge on any atom is 0.179 e. The zero-order valence-corrected chi connectivity index (χ0v) is 8.62. The van der Waals surface area contributed by atoms with Crippen molar-refractivity contribution in [2.45, 2.75) is 6.61 Å². The third-order valence-corrected chi connectivity index (χ3v) is 1.98. The molecule has 1 aromatic carbocycles. The van der Waals surface area contributed by atoms with Crippen molar-refractivity contribution in [1.29, 1.82) is 0 Å². The number of hydrogen-bond acceptors (Lipinski definition) is 3. The van der Waals surface area contributed by atoms with E-state index in [1.165, 1.54) is 0 Å². The Morgan fingerprint density at radius 1 is 1.36 bits per heavy atom. The number of benzene rings is 1. The molecule has 0 aliphatic heterocycles. The quantitative estimate of drug-likeness (QED) is 0.756. The summed E-state index contributed by atoms with van der Waals surface area (Å²) in [6.07, 6.45) is 0. The fourth-order valence-electron chi connectivity index (χ4n) is 0.953. The van der Waals surface area contributed by atoms with Gasteiger partial charge in [-0.2, -0.15) is 0 Å². The molecule has 1 unspecified atom stereocenters. The Morgan fingerprint density at radius 3 is 2.50 bits per heavy atom. The molecule has 0 spiro atoms. The molecule has 1 atom stereocenters. The van der Waals surface area contributed by atoms with E-state index >= 15 is 0 Å². The average molecular weight is 216 g/mol. The van der Waals surface area contributed by atoms with Gasteiger partial charge in [0, 0.05) is 0 Å². The highest BCUT2D eigenvalue weighted by Crippen LogP contribution is 2.11. The second-order valence-corrected chi connectivity index (χ2v) is 3.51. The molecule has 1 N–H and O–H groups in total. The summed E-state index contributed by atoms with van der Waals surface area (Å²) in [6, 6.07) is 7.32. The van der Waals surface area contributed by atoms with Gasteiger partial charge in [-0.3, -0.25) is 0 Å². The Labute approximate surface area is 85.1 Å². The Morgan fingerprint density at radius 2 is 2.00 bits per heavy atom. The van der Waals surface area contributed by atoms with Gasteiger partial charge in [0.1, 0.15) is 11.7 Å². The van der Waals surface area contributed by atoms with Crippen LogP contribution in [0.4, 0.5) is 0 Å². The molecule has 1 aromatic rings. The summed E-state index contributed by atoms with van der Waals surface area (Å²) < 4.78 is 28.6. The highest BCUT2D eigenvalue weighted by atomic mass is 32.2. The van der Waals surface area contributed by atoms with Crippen LogP contribution in [0.1, 0.15) is 5.56 Å². The van der Waals surface area contributed by atoms with Gasteiger partial charge in [0.15, 0.2) is 11.1 Å². The molecule has 0 fully saturated rings. The Hall–Kier alpha value is -0.910. The Balaban J connectivity index is 2.40. The van der Waals surface area contributed by atoms with E-state index < -0.39 is 11.1 Å². The first-order valence-corrected chi connectivity index (χ1v) is 5.28. The standard InChI is InChI=1S/C9H12O4S/c1-12-9-4-2-8(3-5-9)6-13-7-14(10)11/h2-5H,6-7H2,1H3,(H,10,11). The molecular weight excluding hydrogens is 204 g/mol. The van der Waals surface area contributed by atoms with E-state index in [0.717, 1.165) is 11.3 Å². The molecule has 78 valence electrons. The predicted octanol–water partition coefficient (Wildman–Crippen LogP) is 1.39. The first-order valence-electron chi connectivity index (χ1n) is 4.00. The van der Waals surface area contributed by atoms with E-state index in [1.807, 2.05) is 24.3 Å². The predicted molar refractivity (Wildman–Crippen MR) is 53.4 cm³/mol. The van der Waals surface area contributed by atoms with Gasteiger partial charge in [-0.15, -0.1) is 0 Å². The van der Waals surface area contributed by atoms with Gasteiger partial charge in [-0.05, 0) is 17.7 Å². The van der Waals surface area contributed by atoms with Crippen LogP contribution in [-0.2, 0) is 22.4 Å². The summed E-state index contributed by atoms with van der Waals surface area (Å²) in [5.41, 5.74) is 0.941. The lowest BCUT2D eigenvalue weighted by Crippen LogP contribution is -2.00. The van der Waals surface area contributed by atoms with Crippen molar-refractivity contribution in [2.75, 3.05) is 13.0 Å². The van der Waals surface area contributed by atoms with Crippen LogP contribution >= 0.6 is 0 Å². The van der Waals surface area contributed by atoms with Crippen LogP contribution in [0.25, 0.3) is 0 Å². The Kier molecular flexibility index (Phi) is 4.58. The van der Waals surface area contributed by atoms with Gasteiger partial charge in [0.25, 0.3) is 0 Å². The fourth-order valence-corrected chi connectivity index (χ4v) is 1.18. The van der Waals surface area contributed by atoms with Gasteiger partial charge < -0.3 is 14.0 Å². The summed E-state index contributed by atoms with van der Waals surface area (Å²) in [6.45, 7) is 0.330. The van der Waals surface area contributed by atoms with E-state index in [1.54, 1.807) is 7.11 Å². The van der Waals surface area contributed by atoms with E-state index in [0.29, 0.717) is 6.61 Å². The largest absolute Gasteiger partial charge is 0.497 e. The minimum absolute atomic E-state index is 0.161. The smallest absolute Gasteiger partial charge is 0.179 e. The molecule has 0 saturated carbocycles. The maximum atomic E-state index is 10.3. The van der Waals surface area contributed by atoms with Crippen LogP contribution in [0.15, 0.2) is 24.3 Å². The molecule has 1 rings (SSSR count). The van der Waals surface area contributed by atoms with Crippen molar-refractivity contribution in [3.05, 3.63) is 29.8 Å². The zero-order valence-electron chi connectivity index (χ0n) is 7.80. The van der Waals surface area contributed by atoms with Crippen LogP contribution in [0.2, 0.25) is 0 Å². The third-order valence-electron chi connectivity index (χ3n) is 1.61. The molecule has 0 heterocycles. The normalized spacial score (nSPS) is 12.4. The summed E-state index contributed by atoms with van der Waals surface area (Å²) in [4.78, 5) is 0. The molecular formula is C9H12O4S. The number of ether oxygens (including phenoxy) is 2. The van der Waals surface area contributed by atoms with Gasteiger partial charge in [-0.1, -0.05) is 12.1 Å². The molecule has 0 amide bonds. The number of hydrogen-bond donors (Lipinski definition) is 1. The van der Waals surface area contributed by atoms with Crippen LogP contribution < -0.4 is 4.74 Å². The second kappa shape index (κ2) is 5.74. The fraction of sp³-hybridized carbons (Fsp3) is 0.333. The highest BCUT2D eigenvalue weighted by molar-refractivity contribution is 7.79. The zero-order chi connectivity index (χ0) is 10.4. The molecule has 4 nitrogen and oxygen atoms in total. The molecule has 0 aliphatic rings. The summed E-state index contributed by atoms with van der Waals surface area (Å²) >= 11 is -1.89. The van der Waals surface area contributed by atoms with Crippen molar-refractivity contribution >= 4 is 11.1 Å². The SMILES string of the molecule is COc1ccc(COCS(=O)O)cc1. The lowest BCUT2D eigenvalue weighted by atomic mass is 10.2. The molecule has 0 aromatic heterocycles. The Bertz CT molecular complexity index is 296. The van der Waals surface area contributed by atoms with E-state index in [2.05, 4.69) is 0 Å². The lowest BCUT2D eigenvalue weighted by Gasteiger charge is -2.03. The maximum absolute atomic E-state index is 10.3. The topological polar surface area (TPSA) is 55.8 Å². The van der Waals surface area contributed by atoms with Crippen LogP contribution in [-0.4, -0.2) is 21.8 Å². The van der Waals surface area contributed by atoms with Gasteiger partial charge >= 0.3 is 0 Å². The lowest BCUT2D eigenvalue weighted by molar-refractivity contribution is 0.162. The molecule has 0 aliphatic carbocycles. The molecule has 0 bridgehead atoms. The molecule has 0 radical (unpaired) electrons. The van der Waals surface area contributed by atoms with Crippen molar-refractivity contribution < 1.29 is 18.2 Å². The first-order chi connectivity index (χ1) is 6.72. The van der Waals surface area contributed by atoms with Crippen molar-refractivity contribution in [3.8, 4) is 5.75 Å². The van der Waals surface area contributed by atoms with Crippen molar-refractivity contribution in [2.24, 2.45) is 0 Å². The molecule has 0 saturated heterocycles. The average Bonchev–Trinajstić information content (AvgIpc) is 2.18. The summed E-state index contributed by atoms with van der Waals surface area (Å²) in [5, 5.41) is 0. The van der Waals surface area contributed by atoms with Crippen molar-refractivity contribution in [1.82, 2.24) is 0 Å². The third kappa shape index (κ3) is 3.87. The van der Waals surface area contributed by atoms with E-state index in [9.17, 15) is 4.21 Å². The van der Waals surface area contributed by atoms with Crippen LogP contribution in [0.3, 0.4) is 0 Å². The highest BCUT2D eigenvalue weighted by Gasteiger charge is 1.96. The molecule has 14 heavy (non-hydrogen) atoms. The van der Waals surface area contributed by atoms with E-state index in [4.69, 9.17) is 14.0 Å². The van der Waals surface area contributed by atoms with Crippen LogP contribution in [0, 0.1) is 0 Å². The minimum Gasteiger partial charge on any atom is -0.497 e. The second-order valence-electron chi connectivity index (χ2n) is 2.64. The van der Waals surface area contributed by atoms with Crippen LogP contribution in [0.5, 0.6) is 5.75 Å². The molecule has 5 heteroatoms. The van der Waals surface area contributed by atoms with Gasteiger partial charge in [0.05, 0.1) is 13.7 Å². The summed E-state index contributed by atoms with van der Waals surface area (Å²) in [5.74, 6) is 0.617. The van der Waals surface area contributed by atoms with E-state index in [-0.39, 0.29) is 5.94 Å². The number of methoxy groups -OCH3 is 1. The first kappa shape index (κ1) is 11.2. The monoisotopic (exact) mass is 216 g/mol. The minimum atomic E-state index is -1.89.